The normalized spacial score (nSPS) is 17.1. The number of aryl methyl sites for hydroxylation is 1. The van der Waals surface area contributed by atoms with Gasteiger partial charge in [0.25, 0.3) is 0 Å². The molecule has 1 unspecified atom stereocenters. The maximum Gasteiger partial charge on any atom is 0.315 e. The number of carbonyl (C=O) groups is 1. The number of benzene rings is 1. The van der Waals surface area contributed by atoms with Gasteiger partial charge in [-0.1, -0.05) is 24.4 Å². The van der Waals surface area contributed by atoms with Gasteiger partial charge in [0.05, 0.1) is 12.1 Å². The van der Waals surface area contributed by atoms with E-state index in [1.165, 1.54) is 0 Å². The number of aliphatic hydroxyl groups excluding tert-OH is 1. The van der Waals surface area contributed by atoms with E-state index < -0.39 is 6.10 Å². The average Bonchev–Trinajstić information content (AvgIpc) is 3.02. The monoisotopic (exact) mass is 370 g/mol. The predicted octanol–water partition coefficient (Wildman–Crippen LogP) is 2.65. The molecular formula is C18H27ClN2O4. The summed E-state index contributed by atoms with van der Waals surface area (Å²) in [5.74, 6) is 0.635. The number of hydrogen-bond acceptors (Lipinski definition) is 4. The Morgan fingerprint density at radius 2 is 2.12 bits per heavy atom. The molecule has 1 aliphatic carbocycles. The first-order chi connectivity index (χ1) is 11.9. The number of amides is 2. The van der Waals surface area contributed by atoms with E-state index in [9.17, 15) is 9.90 Å². The number of methoxy groups -OCH3 is 1. The van der Waals surface area contributed by atoms with E-state index in [-0.39, 0.29) is 24.7 Å². The Morgan fingerprint density at radius 3 is 2.76 bits per heavy atom. The molecule has 0 radical (unpaired) electrons. The van der Waals surface area contributed by atoms with Crippen LogP contribution in [-0.4, -0.2) is 49.6 Å². The Bertz CT molecular complexity index is 576. The summed E-state index contributed by atoms with van der Waals surface area (Å²) in [5, 5.41) is 16.4. The minimum Gasteiger partial charge on any atom is -0.491 e. The van der Waals surface area contributed by atoms with Gasteiger partial charge in [-0.05, 0) is 43.5 Å². The van der Waals surface area contributed by atoms with Crippen LogP contribution in [0.5, 0.6) is 5.75 Å². The lowest BCUT2D eigenvalue weighted by Crippen LogP contribution is -2.54. The SMILES string of the molecule is COCC1(NC(=O)NCC(O)COc2ccc(Cl)c(C)c2)CCCC1. The lowest BCUT2D eigenvalue weighted by atomic mass is 9.99. The van der Waals surface area contributed by atoms with Gasteiger partial charge in [0.1, 0.15) is 18.5 Å². The van der Waals surface area contributed by atoms with Gasteiger partial charge in [-0.25, -0.2) is 4.79 Å². The van der Waals surface area contributed by atoms with Crippen molar-refractivity contribution in [1.82, 2.24) is 10.6 Å². The summed E-state index contributed by atoms with van der Waals surface area (Å²) in [7, 11) is 1.64. The van der Waals surface area contributed by atoms with E-state index in [4.69, 9.17) is 21.1 Å². The molecule has 0 bridgehead atoms. The third-order valence-corrected chi connectivity index (χ3v) is 4.85. The molecule has 0 spiro atoms. The molecular weight excluding hydrogens is 344 g/mol. The average molecular weight is 371 g/mol. The first kappa shape index (κ1) is 19.8. The van der Waals surface area contributed by atoms with Crippen LogP contribution < -0.4 is 15.4 Å². The van der Waals surface area contributed by atoms with Gasteiger partial charge in [-0.3, -0.25) is 0 Å². The zero-order chi connectivity index (χ0) is 18.3. The molecule has 1 aromatic carbocycles. The molecule has 2 rings (SSSR count). The van der Waals surface area contributed by atoms with Crippen LogP contribution in [0, 0.1) is 6.92 Å². The number of rotatable bonds is 8. The van der Waals surface area contributed by atoms with Crippen LogP contribution in [0.25, 0.3) is 0 Å². The van der Waals surface area contributed by atoms with Crippen molar-refractivity contribution in [2.24, 2.45) is 0 Å². The topological polar surface area (TPSA) is 79.8 Å². The summed E-state index contributed by atoms with van der Waals surface area (Å²) >= 11 is 5.96. The van der Waals surface area contributed by atoms with Crippen LogP contribution in [0.2, 0.25) is 5.02 Å². The van der Waals surface area contributed by atoms with E-state index in [1.807, 2.05) is 13.0 Å². The van der Waals surface area contributed by atoms with Crippen molar-refractivity contribution in [3.8, 4) is 5.75 Å². The van der Waals surface area contributed by atoms with Crippen molar-refractivity contribution in [1.29, 1.82) is 0 Å². The Hall–Kier alpha value is -1.50. The van der Waals surface area contributed by atoms with Crippen LogP contribution in [0.4, 0.5) is 4.79 Å². The maximum absolute atomic E-state index is 12.1. The summed E-state index contributed by atoms with van der Waals surface area (Å²) < 4.78 is 10.8. The molecule has 1 aliphatic rings. The fourth-order valence-corrected chi connectivity index (χ4v) is 3.20. The van der Waals surface area contributed by atoms with Crippen molar-refractivity contribution in [2.75, 3.05) is 26.9 Å². The van der Waals surface area contributed by atoms with Crippen molar-refractivity contribution in [3.05, 3.63) is 28.8 Å². The summed E-state index contributed by atoms with van der Waals surface area (Å²) in [6, 6.07) is 5.02. The first-order valence-electron chi connectivity index (χ1n) is 8.56. The van der Waals surface area contributed by atoms with Gasteiger partial charge in [0.15, 0.2) is 0 Å². The molecule has 1 fully saturated rings. The molecule has 1 atom stereocenters. The predicted molar refractivity (Wildman–Crippen MR) is 97.3 cm³/mol. The molecule has 0 heterocycles. The highest BCUT2D eigenvalue weighted by molar-refractivity contribution is 6.31. The van der Waals surface area contributed by atoms with Crippen LogP contribution in [0.3, 0.4) is 0 Å². The summed E-state index contributed by atoms with van der Waals surface area (Å²) in [4.78, 5) is 12.1. The minimum atomic E-state index is -0.802. The van der Waals surface area contributed by atoms with E-state index in [0.717, 1.165) is 31.2 Å². The molecule has 1 saturated carbocycles. The lowest BCUT2D eigenvalue weighted by Gasteiger charge is -2.29. The van der Waals surface area contributed by atoms with Crippen LogP contribution in [0.1, 0.15) is 31.2 Å². The minimum absolute atomic E-state index is 0.0879. The third-order valence-electron chi connectivity index (χ3n) is 4.43. The molecule has 3 N–H and O–H groups in total. The number of nitrogens with one attached hydrogen (secondary N) is 2. The van der Waals surface area contributed by atoms with Crippen molar-refractivity contribution < 1.29 is 19.4 Å². The Kier molecular flexibility index (Phi) is 7.35. The Labute approximate surface area is 153 Å². The van der Waals surface area contributed by atoms with Crippen molar-refractivity contribution >= 4 is 17.6 Å². The van der Waals surface area contributed by atoms with Crippen LogP contribution >= 0.6 is 11.6 Å². The molecule has 1 aromatic rings. The van der Waals surface area contributed by atoms with E-state index >= 15 is 0 Å². The van der Waals surface area contributed by atoms with Crippen molar-refractivity contribution in [3.63, 3.8) is 0 Å². The van der Waals surface area contributed by atoms with Crippen LogP contribution in [0.15, 0.2) is 18.2 Å². The number of ether oxygens (including phenoxy) is 2. The van der Waals surface area contributed by atoms with Crippen LogP contribution in [-0.2, 0) is 4.74 Å². The van der Waals surface area contributed by atoms with Gasteiger partial charge in [-0.15, -0.1) is 0 Å². The number of halogens is 1. The van der Waals surface area contributed by atoms with Gasteiger partial charge < -0.3 is 25.2 Å². The number of aliphatic hydroxyl groups is 1. The molecule has 6 nitrogen and oxygen atoms in total. The molecule has 25 heavy (non-hydrogen) atoms. The second-order valence-corrected chi connectivity index (χ2v) is 7.04. The smallest absolute Gasteiger partial charge is 0.315 e. The summed E-state index contributed by atoms with van der Waals surface area (Å²) in [5.41, 5.74) is 0.618. The quantitative estimate of drug-likeness (QED) is 0.657. The fourth-order valence-electron chi connectivity index (χ4n) is 3.09. The second-order valence-electron chi connectivity index (χ2n) is 6.63. The maximum atomic E-state index is 12.1. The van der Waals surface area contributed by atoms with Gasteiger partial charge in [0.2, 0.25) is 0 Å². The van der Waals surface area contributed by atoms with Gasteiger partial charge in [-0.2, -0.15) is 0 Å². The highest BCUT2D eigenvalue weighted by atomic mass is 35.5. The standard InChI is InChI=1S/C18H27ClN2O4/c1-13-9-15(5-6-16(13)19)25-11-14(22)10-20-17(23)21-18(12-24-2)7-3-4-8-18/h5-6,9,14,22H,3-4,7-8,10-12H2,1-2H3,(H2,20,21,23). The zero-order valence-electron chi connectivity index (χ0n) is 14.8. The zero-order valence-corrected chi connectivity index (χ0v) is 15.6. The largest absolute Gasteiger partial charge is 0.491 e. The van der Waals surface area contributed by atoms with E-state index in [2.05, 4.69) is 10.6 Å². The Morgan fingerprint density at radius 1 is 1.40 bits per heavy atom. The number of carbonyl (C=O) groups excluding carboxylic acids is 1. The first-order valence-corrected chi connectivity index (χ1v) is 8.94. The lowest BCUT2D eigenvalue weighted by molar-refractivity contribution is 0.102. The highest BCUT2D eigenvalue weighted by Gasteiger charge is 2.35. The highest BCUT2D eigenvalue weighted by Crippen LogP contribution is 2.29. The summed E-state index contributed by atoms with van der Waals surface area (Å²) in [6.45, 7) is 2.59. The molecule has 0 aliphatic heterocycles. The summed E-state index contributed by atoms with van der Waals surface area (Å²) in [6.07, 6.45) is 3.19. The fraction of sp³-hybridized carbons (Fsp3) is 0.611. The molecule has 0 aromatic heterocycles. The van der Waals surface area contributed by atoms with E-state index in [1.54, 1.807) is 19.2 Å². The van der Waals surface area contributed by atoms with Gasteiger partial charge in [0, 0.05) is 18.7 Å². The molecule has 2 amide bonds. The van der Waals surface area contributed by atoms with Crippen molar-refractivity contribution in [2.45, 2.75) is 44.2 Å². The molecule has 140 valence electrons. The Balaban J connectivity index is 1.72. The van der Waals surface area contributed by atoms with E-state index in [0.29, 0.717) is 17.4 Å². The third kappa shape index (κ3) is 6.06. The van der Waals surface area contributed by atoms with Gasteiger partial charge >= 0.3 is 6.03 Å². The number of hydrogen-bond donors (Lipinski definition) is 3. The second kappa shape index (κ2) is 9.27. The molecule has 7 heteroatoms. The molecule has 0 saturated heterocycles. The number of urea groups is 1.